The SMILES string of the molecule is CC1OCCC(c2nc(C(F)(F)F)nn2-c2ccc(S(N)(=O)=O)cc2)C1C. The Labute approximate surface area is 154 Å². The van der Waals surface area contributed by atoms with E-state index >= 15 is 0 Å². The molecule has 0 amide bonds. The molecule has 1 aliphatic rings. The molecule has 27 heavy (non-hydrogen) atoms. The van der Waals surface area contributed by atoms with Crippen molar-refractivity contribution in [3.8, 4) is 5.69 Å². The molecule has 3 unspecified atom stereocenters. The number of nitrogens with two attached hydrogens (primary N) is 1. The molecule has 3 rings (SSSR count). The van der Waals surface area contributed by atoms with Crippen LogP contribution >= 0.6 is 0 Å². The van der Waals surface area contributed by atoms with Crippen LogP contribution < -0.4 is 5.14 Å². The molecule has 0 bridgehead atoms. The van der Waals surface area contributed by atoms with Crippen LogP contribution in [0.25, 0.3) is 5.69 Å². The van der Waals surface area contributed by atoms with Gasteiger partial charge in [0.2, 0.25) is 10.0 Å². The quantitative estimate of drug-likeness (QED) is 0.847. The fourth-order valence-electron chi connectivity index (χ4n) is 3.14. The summed E-state index contributed by atoms with van der Waals surface area (Å²) in [6.45, 7) is 4.17. The fraction of sp³-hybridized carbons (Fsp3) is 0.500. The van der Waals surface area contributed by atoms with Crippen molar-refractivity contribution in [1.82, 2.24) is 14.8 Å². The first-order valence-corrected chi connectivity index (χ1v) is 9.82. The van der Waals surface area contributed by atoms with Crippen LogP contribution in [0.5, 0.6) is 0 Å². The molecule has 0 aliphatic carbocycles. The van der Waals surface area contributed by atoms with Crippen molar-refractivity contribution in [3.63, 3.8) is 0 Å². The van der Waals surface area contributed by atoms with Gasteiger partial charge in [-0.15, -0.1) is 5.10 Å². The van der Waals surface area contributed by atoms with Crippen LogP contribution in [0.1, 0.15) is 37.8 Å². The maximum atomic E-state index is 13.2. The third-order valence-corrected chi connectivity index (χ3v) is 5.74. The van der Waals surface area contributed by atoms with Gasteiger partial charge in [0.05, 0.1) is 16.7 Å². The van der Waals surface area contributed by atoms with Crippen molar-refractivity contribution < 1.29 is 26.3 Å². The minimum absolute atomic E-state index is 0.0634. The molecule has 0 radical (unpaired) electrons. The van der Waals surface area contributed by atoms with Gasteiger partial charge in [-0.1, -0.05) is 6.92 Å². The third kappa shape index (κ3) is 3.99. The van der Waals surface area contributed by atoms with Gasteiger partial charge in [0.1, 0.15) is 5.82 Å². The van der Waals surface area contributed by atoms with E-state index in [4.69, 9.17) is 9.88 Å². The van der Waals surface area contributed by atoms with E-state index in [9.17, 15) is 21.6 Å². The predicted molar refractivity (Wildman–Crippen MR) is 89.7 cm³/mol. The average molecular weight is 404 g/mol. The zero-order valence-corrected chi connectivity index (χ0v) is 15.5. The van der Waals surface area contributed by atoms with Gasteiger partial charge in [-0.25, -0.2) is 23.2 Å². The van der Waals surface area contributed by atoms with Crippen molar-refractivity contribution >= 4 is 10.0 Å². The predicted octanol–water partition coefficient (Wildman–Crippen LogP) is 2.46. The molecule has 148 valence electrons. The van der Waals surface area contributed by atoms with E-state index in [1.807, 2.05) is 13.8 Å². The maximum absolute atomic E-state index is 13.2. The van der Waals surface area contributed by atoms with Gasteiger partial charge < -0.3 is 4.74 Å². The number of nitrogens with zero attached hydrogens (tertiary/aromatic N) is 3. The van der Waals surface area contributed by atoms with Gasteiger partial charge in [-0.05, 0) is 43.5 Å². The largest absolute Gasteiger partial charge is 0.453 e. The topological polar surface area (TPSA) is 100 Å². The van der Waals surface area contributed by atoms with E-state index in [-0.39, 0.29) is 34.3 Å². The van der Waals surface area contributed by atoms with Crippen LogP contribution in [0.15, 0.2) is 29.2 Å². The molecule has 1 fully saturated rings. The van der Waals surface area contributed by atoms with Gasteiger partial charge >= 0.3 is 6.18 Å². The average Bonchev–Trinajstić information content (AvgIpc) is 3.02. The Morgan fingerprint density at radius 1 is 1.22 bits per heavy atom. The molecule has 1 aliphatic heterocycles. The number of aromatic nitrogens is 3. The lowest BCUT2D eigenvalue weighted by Crippen LogP contribution is -2.32. The van der Waals surface area contributed by atoms with Crippen LogP contribution in [0.4, 0.5) is 13.2 Å². The van der Waals surface area contributed by atoms with Crippen molar-refractivity contribution in [2.24, 2.45) is 11.1 Å². The molecule has 2 heterocycles. The monoisotopic (exact) mass is 404 g/mol. The van der Waals surface area contributed by atoms with Gasteiger partial charge in [0.25, 0.3) is 5.82 Å². The summed E-state index contributed by atoms with van der Waals surface area (Å²) in [5, 5.41) is 8.70. The zero-order chi connectivity index (χ0) is 20.0. The number of ether oxygens (including phenoxy) is 1. The Balaban J connectivity index is 2.09. The molecule has 1 aromatic carbocycles. The summed E-state index contributed by atoms with van der Waals surface area (Å²) in [6, 6.07) is 5.15. The summed E-state index contributed by atoms with van der Waals surface area (Å²) in [5.74, 6) is -1.41. The van der Waals surface area contributed by atoms with Crippen molar-refractivity contribution in [1.29, 1.82) is 0 Å². The van der Waals surface area contributed by atoms with Crippen LogP contribution in [0, 0.1) is 5.92 Å². The summed E-state index contributed by atoms with van der Waals surface area (Å²) in [6.07, 6.45) is -4.31. The van der Waals surface area contributed by atoms with Gasteiger partial charge in [0.15, 0.2) is 0 Å². The number of benzene rings is 1. The zero-order valence-electron chi connectivity index (χ0n) is 14.6. The van der Waals surface area contributed by atoms with E-state index in [1.54, 1.807) is 0 Å². The van der Waals surface area contributed by atoms with E-state index in [0.717, 1.165) is 4.68 Å². The Kier molecular flexibility index (Phi) is 5.04. The van der Waals surface area contributed by atoms with Gasteiger partial charge in [-0.2, -0.15) is 13.2 Å². The van der Waals surface area contributed by atoms with Crippen LogP contribution in [-0.4, -0.2) is 35.9 Å². The molecule has 2 N–H and O–H groups in total. The lowest BCUT2D eigenvalue weighted by molar-refractivity contribution is -0.144. The fourth-order valence-corrected chi connectivity index (χ4v) is 3.65. The molecular formula is C16H19F3N4O3S. The highest BCUT2D eigenvalue weighted by molar-refractivity contribution is 7.89. The second-order valence-electron chi connectivity index (χ2n) is 6.57. The first-order chi connectivity index (χ1) is 12.5. The summed E-state index contributed by atoms with van der Waals surface area (Å²) in [4.78, 5) is 3.62. The Bertz CT molecular complexity index is 925. The third-order valence-electron chi connectivity index (χ3n) is 4.81. The van der Waals surface area contributed by atoms with Gasteiger partial charge in [0, 0.05) is 12.5 Å². The summed E-state index contributed by atoms with van der Waals surface area (Å²) >= 11 is 0. The van der Waals surface area contributed by atoms with E-state index in [2.05, 4.69) is 10.1 Å². The number of sulfonamides is 1. The molecule has 11 heteroatoms. The number of hydrogen-bond donors (Lipinski definition) is 1. The Hall–Kier alpha value is -1.98. The van der Waals surface area contributed by atoms with Crippen LogP contribution in [0.3, 0.4) is 0 Å². The molecular weight excluding hydrogens is 385 g/mol. The summed E-state index contributed by atoms with van der Waals surface area (Å²) < 4.78 is 69.1. The Morgan fingerprint density at radius 2 is 1.85 bits per heavy atom. The lowest BCUT2D eigenvalue weighted by Gasteiger charge is -2.33. The normalized spacial score (nSPS) is 24.1. The molecule has 1 saturated heterocycles. The molecule has 7 nitrogen and oxygen atoms in total. The second kappa shape index (κ2) is 6.88. The molecule has 0 spiro atoms. The minimum Gasteiger partial charge on any atom is -0.378 e. The molecule has 3 atom stereocenters. The van der Waals surface area contributed by atoms with E-state index < -0.39 is 22.0 Å². The molecule has 0 saturated carbocycles. The van der Waals surface area contributed by atoms with Crippen LogP contribution in [0.2, 0.25) is 0 Å². The summed E-state index contributed by atoms with van der Waals surface area (Å²) in [5.41, 5.74) is 0.270. The second-order valence-corrected chi connectivity index (χ2v) is 8.13. The van der Waals surface area contributed by atoms with E-state index in [1.165, 1.54) is 24.3 Å². The van der Waals surface area contributed by atoms with E-state index in [0.29, 0.717) is 13.0 Å². The summed E-state index contributed by atoms with van der Waals surface area (Å²) in [7, 11) is -3.91. The number of rotatable bonds is 3. The Morgan fingerprint density at radius 3 is 2.41 bits per heavy atom. The number of alkyl halides is 3. The standard InChI is InChI=1S/C16H19F3N4O3S/c1-9-10(2)26-8-7-13(9)14-21-15(16(17,18)19)22-23(14)11-3-5-12(6-4-11)27(20,24)25/h3-6,9-10,13H,7-8H2,1-2H3,(H2,20,24,25). The van der Waals surface area contributed by atoms with Crippen molar-refractivity contribution in [2.75, 3.05) is 6.61 Å². The number of primary sulfonamides is 1. The number of halogens is 3. The first kappa shape index (κ1) is 19.8. The van der Waals surface area contributed by atoms with Crippen molar-refractivity contribution in [2.45, 2.75) is 43.4 Å². The smallest absolute Gasteiger partial charge is 0.378 e. The highest BCUT2D eigenvalue weighted by Gasteiger charge is 2.40. The maximum Gasteiger partial charge on any atom is 0.453 e. The highest BCUT2D eigenvalue weighted by atomic mass is 32.2. The molecule has 1 aromatic heterocycles. The van der Waals surface area contributed by atoms with Crippen LogP contribution in [-0.2, 0) is 20.9 Å². The van der Waals surface area contributed by atoms with Gasteiger partial charge in [-0.3, -0.25) is 0 Å². The first-order valence-electron chi connectivity index (χ1n) is 8.27. The highest BCUT2D eigenvalue weighted by Crippen LogP contribution is 2.37. The minimum atomic E-state index is -4.69. The number of hydrogen-bond acceptors (Lipinski definition) is 5. The van der Waals surface area contributed by atoms with Crippen molar-refractivity contribution in [3.05, 3.63) is 35.9 Å². The lowest BCUT2D eigenvalue weighted by atomic mass is 9.84. The molecule has 2 aromatic rings.